The molecule has 6 unspecified atom stereocenters. The van der Waals surface area contributed by atoms with Gasteiger partial charge in [0.2, 0.25) is 0 Å². The first kappa shape index (κ1) is 52.6. The molecule has 0 saturated carbocycles. The van der Waals surface area contributed by atoms with Gasteiger partial charge in [0.15, 0.2) is 6.29 Å². The number of rotatable bonds is 38. The van der Waals surface area contributed by atoms with Gasteiger partial charge in [0.1, 0.15) is 30.5 Å². The summed E-state index contributed by atoms with van der Waals surface area (Å²) >= 11 is 0. The summed E-state index contributed by atoms with van der Waals surface area (Å²) < 4.78 is 59.0. The molecule has 0 spiro atoms. The van der Waals surface area contributed by atoms with Crippen molar-refractivity contribution in [1.82, 2.24) is 0 Å². The lowest BCUT2D eigenvalue weighted by Crippen LogP contribution is -2.60. The molecule has 0 aromatic heterocycles. The van der Waals surface area contributed by atoms with Crippen LogP contribution in [0, 0.1) is 0 Å². The lowest BCUT2D eigenvalue weighted by Gasteiger charge is -2.41. The summed E-state index contributed by atoms with van der Waals surface area (Å²) in [5.74, 6) is -0.402. The molecule has 330 valence electrons. The number of carbonyl (C=O) groups excluding carboxylic acids is 1. The number of hydrogen-bond acceptors (Lipinski definition) is 11. The second-order valence-electron chi connectivity index (χ2n) is 15.3. The Morgan fingerprint density at radius 2 is 1.18 bits per heavy atom. The SMILES string of the molecule is CCCCC/C=C\C/C=C\CCCCCCCCOCC(COC1OC(CO)C(O)C(OS(=O)(=O)O)C1O)OC(=O)CCCCCCCCCCCCCCC. The van der Waals surface area contributed by atoms with Crippen molar-refractivity contribution in [2.24, 2.45) is 0 Å². The molecule has 12 nitrogen and oxygen atoms in total. The van der Waals surface area contributed by atoms with Crippen molar-refractivity contribution in [2.75, 3.05) is 26.4 Å². The van der Waals surface area contributed by atoms with E-state index in [1.54, 1.807) is 0 Å². The lowest BCUT2D eigenvalue weighted by atomic mass is 9.99. The highest BCUT2D eigenvalue weighted by molar-refractivity contribution is 7.80. The zero-order valence-electron chi connectivity index (χ0n) is 34.9. The molecule has 1 fully saturated rings. The average Bonchev–Trinajstić information content (AvgIpc) is 3.17. The van der Waals surface area contributed by atoms with Crippen LogP contribution in [-0.2, 0) is 38.3 Å². The maximum atomic E-state index is 12.8. The number of allylic oxidation sites excluding steroid dienone is 4. The monoisotopic (exact) mass is 821 g/mol. The standard InChI is InChI=1S/C43H80O12S/c1-3-5-7-9-11-13-15-17-18-19-21-23-25-27-29-31-33-51-35-37(36-52-43-41(47)42(55-56(48,49)50)40(46)38(34-44)54-43)53-39(45)32-30-28-26-24-22-20-16-14-12-10-8-6-4-2/h11,13,17-18,37-38,40-44,46-47H,3-10,12,14-16,19-36H2,1-2H3,(H,48,49,50)/b13-11-,18-17-. The van der Waals surface area contributed by atoms with Gasteiger partial charge in [0.25, 0.3) is 0 Å². The topological polar surface area (TPSA) is 178 Å². The van der Waals surface area contributed by atoms with Crippen LogP contribution in [0.4, 0.5) is 0 Å². The maximum Gasteiger partial charge on any atom is 0.397 e. The van der Waals surface area contributed by atoms with Crippen molar-refractivity contribution >= 4 is 16.4 Å². The molecule has 0 aliphatic carbocycles. The number of ether oxygens (including phenoxy) is 4. The summed E-state index contributed by atoms with van der Waals surface area (Å²) in [6.07, 6.45) is 29.2. The van der Waals surface area contributed by atoms with Crippen LogP contribution >= 0.6 is 0 Å². The van der Waals surface area contributed by atoms with Crippen LogP contribution in [0.1, 0.15) is 181 Å². The van der Waals surface area contributed by atoms with E-state index in [0.29, 0.717) is 13.0 Å². The zero-order chi connectivity index (χ0) is 41.1. The van der Waals surface area contributed by atoms with E-state index < -0.39 is 59.8 Å². The molecule has 0 bridgehead atoms. The summed E-state index contributed by atoms with van der Waals surface area (Å²) in [5.41, 5.74) is 0. The van der Waals surface area contributed by atoms with Crippen LogP contribution in [0.15, 0.2) is 24.3 Å². The average molecular weight is 821 g/mol. The Hall–Kier alpha value is -1.42. The third-order valence-corrected chi connectivity index (χ3v) is 10.5. The first-order valence-electron chi connectivity index (χ1n) is 22.1. The van der Waals surface area contributed by atoms with Gasteiger partial charge < -0.3 is 34.3 Å². The molecular formula is C43H80O12S. The minimum Gasteiger partial charge on any atom is -0.457 e. The molecule has 1 aliphatic rings. The fraction of sp³-hybridized carbons (Fsp3) is 0.884. The van der Waals surface area contributed by atoms with Gasteiger partial charge >= 0.3 is 16.4 Å². The normalized spacial score (nSPS) is 21.0. The van der Waals surface area contributed by atoms with Gasteiger partial charge in [-0.05, 0) is 44.9 Å². The molecular weight excluding hydrogens is 741 g/mol. The van der Waals surface area contributed by atoms with Crippen molar-refractivity contribution in [1.29, 1.82) is 0 Å². The number of esters is 1. The molecule has 1 saturated heterocycles. The second kappa shape index (κ2) is 35.5. The van der Waals surface area contributed by atoms with E-state index in [9.17, 15) is 28.5 Å². The van der Waals surface area contributed by atoms with Gasteiger partial charge in [-0.25, -0.2) is 4.18 Å². The van der Waals surface area contributed by atoms with Crippen LogP contribution in [-0.4, -0.2) is 97.5 Å². The van der Waals surface area contributed by atoms with Crippen molar-refractivity contribution in [3.05, 3.63) is 24.3 Å². The van der Waals surface area contributed by atoms with Gasteiger partial charge in [-0.1, -0.05) is 154 Å². The third kappa shape index (κ3) is 28.9. The van der Waals surface area contributed by atoms with E-state index in [2.05, 4.69) is 42.3 Å². The number of aliphatic hydroxyl groups is 3. The van der Waals surface area contributed by atoms with E-state index in [4.69, 9.17) is 23.5 Å². The molecule has 1 aliphatic heterocycles. The fourth-order valence-corrected chi connectivity index (χ4v) is 7.21. The Morgan fingerprint density at radius 3 is 1.73 bits per heavy atom. The summed E-state index contributed by atoms with van der Waals surface area (Å²) in [5, 5.41) is 30.6. The quantitative estimate of drug-likeness (QED) is 0.0202. The van der Waals surface area contributed by atoms with Crippen molar-refractivity contribution in [2.45, 2.75) is 218 Å². The highest BCUT2D eigenvalue weighted by atomic mass is 32.3. The number of hydrogen-bond donors (Lipinski definition) is 4. The molecule has 13 heteroatoms. The molecule has 56 heavy (non-hydrogen) atoms. The zero-order valence-corrected chi connectivity index (χ0v) is 35.8. The van der Waals surface area contributed by atoms with Gasteiger partial charge in [0, 0.05) is 13.0 Å². The number of carbonyl (C=O) groups is 1. The van der Waals surface area contributed by atoms with Crippen molar-refractivity contribution in [3.8, 4) is 0 Å². The smallest absolute Gasteiger partial charge is 0.397 e. The first-order valence-corrected chi connectivity index (χ1v) is 23.5. The Morgan fingerprint density at radius 1 is 0.679 bits per heavy atom. The van der Waals surface area contributed by atoms with Crippen molar-refractivity contribution < 1.29 is 56.2 Å². The molecule has 0 radical (unpaired) electrons. The summed E-state index contributed by atoms with van der Waals surface area (Å²) in [7, 11) is -5.06. The molecule has 0 aromatic rings. The highest BCUT2D eigenvalue weighted by Gasteiger charge is 2.48. The van der Waals surface area contributed by atoms with Crippen LogP contribution in [0.2, 0.25) is 0 Å². The molecule has 1 heterocycles. The van der Waals surface area contributed by atoms with Gasteiger partial charge in [-0.3, -0.25) is 9.35 Å². The Labute approximate surface area is 340 Å². The second-order valence-corrected chi connectivity index (χ2v) is 16.3. The summed E-state index contributed by atoms with van der Waals surface area (Å²) in [6.45, 7) is 3.94. The van der Waals surface area contributed by atoms with E-state index in [0.717, 1.165) is 57.8 Å². The molecule has 6 atom stereocenters. The van der Waals surface area contributed by atoms with Gasteiger partial charge in [-0.15, -0.1) is 0 Å². The van der Waals surface area contributed by atoms with Gasteiger partial charge in [0.05, 0.1) is 19.8 Å². The number of aliphatic hydroxyl groups excluding tert-OH is 3. The molecule has 4 N–H and O–H groups in total. The van der Waals surface area contributed by atoms with Gasteiger partial charge in [-0.2, -0.15) is 8.42 Å². The predicted molar refractivity (Wildman–Crippen MR) is 221 cm³/mol. The van der Waals surface area contributed by atoms with Crippen LogP contribution < -0.4 is 0 Å². The Bertz CT molecular complexity index is 1080. The Kier molecular flexibility index (Phi) is 33.4. The highest BCUT2D eigenvalue weighted by Crippen LogP contribution is 2.26. The minimum atomic E-state index is -5.06. The fourth-order valence-electron chi connectivity index (χ4n) is 6.70. The lowest BCUT2D eigenvalue weighted by molar-refractivity contribution is -0.301. The number of unbranched alkanes of at least 4 members (excludes halogenated alkanes) is 21. The molecule has 1 rings (SSSR count). The van der Waals surface area contributed by atoms with E-state index in [1.165, 1.54) is 96.3 Å². The van der Waals surface area contributed by atoms with E-state index >= 15 is 0 Å². The van der Waals surface area contributed by atoms with Crippen LogP contribution in [0.25, 0.3) is 0 Å². The molecule has 0 amide bonds. The maximum absolute atomic E-state index is 12.8. The minimum absolute atomic E-state index is 0.0322. The van der Waals surface area contributed by atoms with E-state index in [-0.39, 0.29) is 19.6 Å². The van der Waals surface area contributed by atoms with Crippen LogP contribution in [0.3, 0.4) is 0 Å². The predicted octanol–water partition coefficient (Wildman–Crippen LogP) is 8.85. The third-order valence-electron chi connectivity index (χ3n) is 10.1. The summed E-state index contributed by atoms with van der Waals surface area (Å²) in [4.78, 5) is 12.8. The summed E-state index contributed by atoms with van der Waals surface area (Å²) in [6, 6.07) is 0. The van der Waals surface area contributed by atoms with E-state index in [1.807, 2.05) is 0 Å². The molecule has 0 aromatic carbocycles. The van der Waals surface area contributed by atoms with Crippen molar-refractivity contribution in [3.63, 3.8) is 0 Å². The largest absolute Gasteiger partial charge is 0.457 e. The van der Waals surface area contributed by atoms with Crippen LogP contribution in [0.5, 0.6) is 0 Å². The Balaban J connectivity index is 2.45. The first-order chi connectivity index (χ1) is 27.1.